The molecule has 1 N–H and O–H groups in total. The van der Waals surface area contributed by atoms with Crippen LogP contribution in [0.1, 0.15) is 39.2 Å². The largest absolute Gasteiger partial charge is 0.326 e. The summed E-state index contributed by atoms with van der Waals surface area (Å²) >= 11 is 6.07. The molecule has 1 aliphatic heterocycles. The molecule has 2 aromatic rings. The number of halogens is 1. The van der Waals surface area contributed by atoms with E-state index >= 15 is 0 Å². The minimum absolute atomic E-state index is 0.00741. The van der Waals surface area contributed by atoms with Gasteiger partial charge < -0.3 is 10.2 Å². The molecule has 0 unspecified atom stereocenters. The second kappa shape index (κ2) is 8.87. The summed E-state index contributed by atoms with van der Waals surface area (Å²) in [4.78, 5) is 28.7. The molecular weight excluding hydrogens is 386 g/mol. The van der Waals surface area contributed by atoms with Gasteiger partial charge in [-0.2, -0.15) is 0 Å². The van der Waals surface area contributed by atoms with E-state index in [1.807, 2.05) is 74.2 Å². The number of carbonyl (C=O) groups is 2. The maximum atomic E-state index is 13.0. The topological polar surface area (TPSA) is 52.7 Å². The molecule has 0 saturated carbocycles. The molecule has 1 fully saturated rings. The van der Waals surface area contributed by atoms with Crippen molar-refractivity contribution in [3.05, 3.63) is 59.1 Å². The molecule has 0 radical (unpaired) electrons. The predicted octanol–water partition coefficient (Wildman–Crippen LogP) is 5.55. The molecule has 2 aromatic carbocycles. The second-order valence-electron chi connectivity index (χ2n) is 8.67. The summed E-state index contributed by atoms with van der Waals surface area (Å²) in [5, 5.41) is 3.60. The van der Waals surface area contributed by atoms with E-state index in [0.717, 1.165) is 29.9 Å². The van der Waals surface area contributed by atoms with Crippen LogP contribution < -0.4 is 10.2 Å². The molecule has 6 heteroatoms. The van der Waals surface area contributed by atoms with Crippen LogP contribution in [0.4, 0.5) is 16.2 Å². The van der Waals surface area contributed by atoms with Crippen molar-refractivity contribution in [1.82, 2.24) is 4.90 Å². The van der Waals surface area contributed by atoms with Gasteiger partial charge in [-0.05, 0) is 53.8 Å². The van der Waals surface area contributed by atoms with E-state index in [9.17, 15) is 9.59 Å². The fourth-order valence-corrected chi connectivity index (χ4v) is 3.65. The van der Waals surface area contributed by atoms with Crippen molar-refractivity contribution in [3.63, 3.8) is 0 Å². The number of anilines is 2. The summed E-state index contributed by atoms with van der Waals surface area (Å²) in [6.07, 6.45) is 1.36. The van der Waals surface area contributed by atoms with Gasteiger partial charge in [0.15, 0.2) is 0 Å². The zero-order chi connectivity index (χ0) is 21.0. The molecule has 29 heavy (non-hydrogen) atoms. The SMILES string of the molecule is CC(C)(C)CC(=O)Nc1ccc(N2CCCN(Cc3cccc(Cl)c3)C2=O)cc1. The highest BCUT2D eigenvalue weighted by Crippen LogP contribution is 2.25. The number of amides is 3. The van der Waals surface area contributed by atoms with Gasteiger partial charge in [0.1, 0.15) is 0 Å². The summed E-state index contributed by atoms with van der Waals surface area (Å²) in [6.45, 7) is 8.05. The smallest absolute Gasteiger partial charge is 0.324 e. The highest BCUT2D eigenvalue weighted by Gasteiger charge is 2.27. The third-order valence-electron chi connectivity index (χ3n) is 4.73. The Labute approximate surface area is 177 Å². The predicted molar refractivity (Wildman–Crippen MR) is 118 cm³/mol. The Morgan fingerprint density at radius 1 is 1.10 bits per heavy atom. The van der Waals surface area contributed by atoms with Gasteiger partial charge in [0.05, 0.1) is 0 Å². The number of hydrogen-bond acceptors (Lipinski definition) is 2. The number of hydrogen-bond donors (Lipinski definition) is 1. The molecular formula is C23H28ClN3O2. The Balaban J connectivity index is 1.65. The lowest BCUT2D eigenvalue weighted by Gasteiger charge is -2.35. The van der Waals surface area contributed by atoms with Gasteiger partial charge in [-0.25, -0.2) is 4.79 Å². The molecule has 0 atom stereocenters. The summed E-state index contributed by atoms with van der Waals surface area (Å²) < 4.78 is 0. The number of carbonyl (C=O) groups excluding carboxylic acids is 2. The first-order valence-corrected chi connectivity index (χ1v) is 10.3. The van der Waals surface area contributed by atoms with Gasteiger partial charge in [0.2, 0.25) is 5.91 Å². The zero-order valence-corrected chi connectivity index (χ0v) is 18.0. The third kappa shape index (κ3) is 5.97. The Morgan fingerprint density at radius 2 is 1.83 bits per heavy atom. The van der Waals surface area contributed by atoms with Crippen LogP contribution in [0, 0.1) is 5.41 Å². The molecule has 1 aliphatic rings. The van der Waals surface area contributed by atoms with Gasteiger partial charge in [0.25, 0.3) is 0 Å². The van der Waals surface area contributed by atoms with Gasteiger partial charge in [-0.1, -0.05) is 44.5 Å². The molecule has 0 aromatic heterocycles. The summed E-state index contributed by atoms with van der Waals surface area (Å²) in [5.74, 6) is -0.00741. The number of nitrogens with zero attached hydrogens (tertiary/aromatic N) is 2. The lowest BCUT2D eigenvalue weighted by molar-refractivity contribution is -0.117. The third-order valence-corrected chi connectivity index (χ3v) is 4.96. The summed E-state index contributed by atoms with van der Waals surface area (Å²) in [6, 6.07) is 15.0. The molecule has 1 heterocycles. The van der Waals surface area contributed by atoms with Crippen LogP contribution in [-0.4, -0.2) is 29.9 Å². The van der Waals surface area contributed by atoms with E-state index in [1.54, 1.807) is 4.90 Å². The monoisotopic (exact) mass is 413 g/mol. The van der Waals surface area contributed by atoms with Crippen molar-refractivity contribution >= 4 is 34.9 Å². The van der Waals surface area contributed by atoms with Gasteiger partial charge in [-0.15, -0.1) is 0 Å². The maximum absolute atomic E-state index is 13.0. The highest BCUT2D eigenvalue weighted by molar-refractivity contribution is 6.30. The van der Waals surface area contributed by atoms with Crippen molar-refractivity contribution < 1.29 is 9.59 Å². The Hall–Kier alpha value is -2.53. The quantitative estimate of drug-likeness (QED) is 0.698. The molecule has 0 aliphatic carbocycles. The van der Waals surface area contributed by atoms with Crippen molar-refractivity contribution in [2.24, 2.45) is 5.41 Å². The van der Waals surface area contributed by atoms with Crippen molar-refractivity contribution in [2.45, 2.75) is 40.2 Å². The number of urea groups is 1. The average Bonchev–Trinajstić information content (AvgIpc) is 2.63. The van der Waals surface area contributed by atoms with Gasteiger partial charge in [0, 0.05) is 42.5 Å². The second-order valence-corrected chi connectivity index (χ2v) is 9.11. The minimum Gasteiger partial charge on any atom is -0.326 e. The van der Waals surface area contributed by atoms with Crippen LogP contribution in [0.2, 0.25) is 5.02 Å². The Morgan fingerprint density at radius 3 is 2.48 bits per heavy atom. The van der Waals surface area contributed by atoms with E-state index in [-0.39, 0.29) is 17.4 Å². The first kappa shape index (κ1) is 21.2. The van der Waals surface area contributed by atoms with E-state index in [1.165, 1.54) is 0 Å². The first-order valence-electron chi connectivity index (χ1n) is 9.92. The maximum Gasteiger partial charge on any atom is 0.324 e. The van der Waals surface area contributed by atoms with Crippen LogP contribution in [0.25, 0.3) is 0 Å². The average molecular weight is 414 g/mol. The van der Waals surface area contributed by atoms with E-state index in [4.69, 9.17) is 11.6 Å². The van der Waals surface area contributed by atoms with Gasteiger partial charge >= 0.3 is 6.03 Å². The molecule has 1 saturated heterocycles. The van der Waals surface area contributed by atoms with Crippen LogP contribution >= 0.6 is 11.6 Å². The fourth-order valence-electron chi connectivity index (χ4n) is 3.44. The normalized spacial score (nSPS) is 14.8. The Bertz CT molecular complexity index is 874. The first-order chi connectivity index (χ1) is 13.7. The van der Waals surface area contributed by atoms with E-state index < -0.39 is 0 Å². The van der Waals surface area contributed by atoms with Crippen molar-refractivity contribution in [2.75, 3.05) is 23.3 Å². The molecule has 5 nitrogen and oxygen atoms in total. The van der Waals surface area contributed by atoms with Gasteiger partial charge in [-0.3, -0.25) is 9.69 Å². The van der Waals surface area contributed by atoms with Crippen LogP contribution in [-0.2, 0) is 11.3 Å². The zero-order valence-electron chi connectivity index (χ0n) is 17.2. The van der Waals surface area contributed by atoms with Crippen LogP contribution in [0.15, 0.2) is 48.5 Å². The van der Waals surface area contributed by atoms with Crippen molar-refractivity contribution in [1.29, 1.82) is 0 Å². The summed E-state index contributed by atoms with van der Waals surface area (Å²) in [7, 11) is 0. The Kier molecular flexibility index (Phi) is 6.48. The molecule has 0 bridgehead atoms. The molecule has 3 rings (SSSR count). The standard InChI is InChI=1S/C23H28ClN3O2/c1-23(2,3)15-21(28)25-19-8-10-20(11-9-19)27-13-5-12-26(22(27)29)16-17-6-4-7-18(24)14-17/h4,6-11,14H,5,12-13,15-16H2,1-3H3,(H,25,28). The molecule has 0 spiro atoms. The fraction of sp³-hybridized carbons (Fsp3) is 0.391. The van der Waals surface area contributed by atoms with Crippen LogP contribution in [0.5, 0.6) is 0 Å². The highest BCUT2D eigenvalue weighted by atomic mass is 35.5. The van der Waals surface area contributed by atoms with Crippen molar-refractivity contribution in [3.8, 4) is 0 Å². The lowest BCUT2D eigenvalue weighted by atomic mass is 9.92. The van der Waals surface area contributed by atoms with E-state index in [0.29, 0.717) is 24.5 Å². The van der Waals surface area contributed by atoms with Crippen LogP contribution in [0.3, 0.4) is 0 Å². The van der Waals surface area contributed by atoms with E-state index in [2.05, 4.69) is 5.32 Å². The number of benzene rings is 2. The molecule has 154 valence electrons. The minimum atomic E-state index is -0.0588. The number of rotatable bonds is 5. The summed E-state index contributed by atoms with van der Waals surface area (Å²) in [5.41, 5.74) is 2.53. The number of nitrogens with one attached hydrogen (secondary N) is 1. The lowest BCUT2D eigenvalue weighted by Crippen LogP contribution is -2.49. The molecule has 3 amide bonds.